The number of hydrogen-bond acceptors (Lipinski definition) is 4. The molecule has 0 bridgehead atoms. The van der Waals surface area contributed by atoms with Crippen LogP contribution < -0.4 is 5.32 Å². The van der Waals surface area contributed by atoms with E-state index in [1.54, 1.807) is 23.3 Å². The molecule has 0 aliphatic heterocycles. The highest BCUT2D eigenvalue weighted by Crippen LogP contribution is 2.17. The van der Waals surface area contributed by atoms with Crippen molar-refractivity contribution in [3.8, 4) is 11.1 Å². The molecule has 2 aromatic heterocycles. The number of urea groups is 1. The lowest BCUT2D eigenvalue weighted by atomic mass is 10.2. The number of rotatable bonds is 4. The summed E-state index contributed by atoms with van der Waals surface area (Å²) in [5.41, 5.74) is 2.74. The van der Waals surface area contributed by atoms with Crippen LogP contribution in [0.2, 0.25) is 0 Å². The number of hydrogen-bond donors (Lipinski definition) is 1. The minimum atomic E-state index is -0.368. The van der Waals surface area contributed by atoms with Gasteiger partial charge >= 0.3 is 12.0 Å². The maximum Gasteiger partial charge on any atom is 0.413 e. The molecular formula is C17H17N6O+. The fourth-order valence-electron chi connectivity index (χ4n) is 2.14. The quantitative estimate of drug-likeness (QED) is 0.590. The molecule has 2 heterocycles. The third-order valence-corrected chi connectivity index (χ3v) is 3.45. The monoisotopic (exact) mass is 321 g/mol. The zero-order chi connectivity index (χ0) is 16.9. The van der Waals surface area contributed by atoms with E-state index >= 15 is 0 Å². The highest BCUT2D eigenvalue weighted by atomic mass is 16.2. The predicted molar refractivity (Wildman–Crippen MR) is 90.0 cm³/mol. The van der Waals surface area contributed by atoms with Crippen LogP contribution in [-0.2, 0) is 13.6 Å². The van der Waals surface area contributed by atoms with E-state index in [1.807, 2.05) is 43.6 Å². The summed E-state index contributed by atoms with van der Waals surface area (Å²) in [5, 5.41) is 6.88. The van der Waals surface area contributed by atoms with E-state index in [0.717, 1.165) is 21.3 Å². The van der Waals surface area contributed by atoms with Crippen LogP contribution in [0.1, 0.15) is 5.56 Å². The van der Waals surface area contributed by atoms with E-state index in [4.69, 9.17) is 0 Å². The van der Waals surface area contributed by atoms with Gasteiger partial charge in [0.15, 0.2) is 0 Å². The van der Waals surface area contributed by atoms with Gasteiger partial charge < -0.3 is 0 Å². The number of amides is 2. The number of carbonyl (C=O) groups excluding carboxylic acids is 1. The summed E-state index contributed by atoms with van der Waals surface area (Å²) in [5.74, 6) is 0.230. The second kappa shape index (κ2) is 6.82. The summed E-state index contributed by atoms with van der Waals surface area (Å²) in [4.78, 5) is 20.5. The molecule has 0 aliphatic rings. The maximum absolute atomic E-state index is 12.1. The second-order valence-corrected chi connectivity index (χ2v) is 5.25. The number of carbonyl (C=O) groups is 1. The van der Waals surface area contributed by atoms with Crippen LogP contribution >= 0.6 is 0 Å². The van der Waals surface area contributed by atoms with Crippen LogP contribution in [0.3, 0.4) is 0 Å². The molecule has 3 rings (SSSR count). The molecule has 7 nitrogen and oxygen atoms in total. The van der Waals surface area contributed by atoms with Crippen molar-refractivity contribution in [3.05, 3.63) is 60.7 Å². The highest BCUT2D eigenvalue weighted by Gasteiger charge is 2.17. The van der Waals surface area contributed by atoms with Crippen LogP contribution in [0.5, 0.6) is 0 Å². The molecule has 0 fully saturated rings. The van der Waals surface area contributed by atoms with Gasteiger partial charge in [-0.25, -0.2) is 4.79 Å². The average molecular weight is 321 g/mol. The van der Waals surface area contributed by atoms with Crippen LogP contribution in [0.25, 0.3) is 11.1 Å². The highest BCUT2D eigenvalue weighted by molar-refractivity contribution is 5.69. The standard InChI is InChI=1S/C17H16N6O/c1-22-12-15(11-21-22)14-9-18-16(19-10-14)23(2)17(24)20-8-13-6-4-3-5-7-13/h3-7,9-12H,2,8H2,1H3/p+1. The third-order valence-electron chi connectivity index (χ3n) is 3.45. The molecule has 24 heavy (non-hydrogen) atoms. The topological polar surface area (TPSA) is 75.7 Å². The van der Waals surface area contributed by atoms with E-state index in [2.05, 4.69) is 27.1 Å². The summed E-state index contributed by atoms with van der Waals surface area (Å²) in [7, 11) is 1.84. The van der Waals surface area contributed by atoms with E-state index in [9.17, 15) is 4.79 Å². The number of nitrogens with one attached hydrogen (secondary N) is 1. The molecule has 3 aromatic rings. The van der Waals surface area contributed by atoms with E-state index in [-0.39, 0.29) is 12.0 Å². The molecule has 0 aliphatic carbocycles. The number of aromatic nitrogens is 4. The van der Waals surface area contributed by atoms with Gasteiger partial charge in [0.25, 0.3) is 0 Å². The van der Waals surface area contributed by atoms with Crippen molar-refractivity contribution in [3.63, 3.8) is 0 Å². The Morgan fingerprint density at radius 3 is 2.50 bits per heavy atom. The molecule has 2 amide bonds. The first-order valence-corrected chi connectivity index (χ1v) is 7.37. The summed E-state index contributed by atoms with van der Waals surface area (Å²) < 4.78 is 2.84. The lowest BCUT2D eigenvalue weighted by Crippen LogP contribution is -2.30. The second-order valence-electron chi connectivity index (χ2n) is 5.25. The first-order chi connectivity index (χ1) is 11.6. The summed E-state index contributed by atoms with van der Waals surface area (Å²) in [6, 6.07) is 9.28. The molecule has 7 heteroatoms. The van der Waals surface area contributed by atoms with Crippen molar-refractivity contribution in [1.29, 1.82) is 0 Å². The minimum absolute atomic E-state index is 0.230. The molecule has 1 aromatic carbocycles. The first kappa shape index (κ1) is 15.5. The average Bonchev–Trinajstić information content (AvgIpc) is 3.06. The first-order valence-electron chi connectivity index (χ1n) is 7.37. The Morgan fingerprint density at radius 1 is 1.17 bits per heavy atom. The molecule has 0 saturated carbocycles. The maximum atomic E-state index is 12.1. The molecule has 0 unspecified atom stereocenters. The third kappa shape index (κ3) is 3.52. The van der Waals surface area contributed by atoms with E-state index < -0.39 is 0 Å². The number of aryl methyl sites for hydroxylation is 1. The Hall–Kier alpha value is -3.35. The molecular weight excluding hydrogens is 304 g/mol. The zero-order valence-corrected chi connectivity index (χ0v) is 13.3. The summed E-state index contributed by atoms with van der Waals surface area (Å²) >= 11 is 0. The van der Waals surface area contributed by atoms with Crippen molar-refractivity contribution in [2.75, 3.05) is 0 Å². The molecule has 0 saturated heterocycles. The van der Waals surface area contributed by atoms with Gasteiger partial charge in [0, 0.05) is 31.1 Å². The van der Waals surface area contributed by atoms with Crippen molar-refractivity contribution < 1.29 is 9.37 Å². The lowest BCUT2D eigenvalue weighted by molar-refractivity contribution is -0.333. The molecule has 0 atom stereocenters. The van der Waals surface area contributed by atoms with Crippen molar-refractivity contribution >= 4 is 18.7 Å². The fourth-order valence-corrected chi connectivity index (χ4v) is 2.14. The lowest BCUT2D eigenvalue weighted by Gasteiger charge is -2.03. The minimum Gasteiger partial charge on any atom is -0.282 e. The Bertz CT molecular complexity index is 854. The van der Waals surface area contributed by atoms with E-state index in [0.29, 0.717) is 6.54 Å². The number of benzene rings is 1. The van der Waals surface area contributed by atoms with Gasteiger partial charge in [-0.15, -0.1) is 9.97 Å². The predicted octanol–water partition coefficient (Wildman–Crippen LogP) is 2.13. The van der Waals surface area contributed by atoms with Crippen LogP contribution in [-0.4, -0.2) is 37.1 Å². The summed E-state index contributed by atoms with van der Waals surface area (Å²) in [6.07, 6.45) is 6.88. The Morgan fingerprint density at radius 2 is 1.88 bits per heavy atom. The SMILES string of the molecule is C=[N+](C(=O)NCc1ccccc1)c1ncc(-c2cnn(C)c2)cn1. The van der Waals surface area contributed by atoms with Gasteiger partial charge in [-0.05, 0) is 5.56 Å². The van der Waals surface area contributed by atoms with Crippen molar-refractivity contribution in [2.24, 2.45) is 7.05 Å². The Balaban J connectivity index is 1.65. The Kier molecular flexibility index (Phi) is 4.42. The van der Waals surface area contributed by atoms with Crippen molar-refractivity contribution in [1.82, 2.24) is 25.1 Å². The van der Waals surface area contributed by atoms with Gasteiger partial charge in [0.2, 0.25) is 0 Å². The number of nitrogens with zero attached hydrogens (tertiary/aromatic N) is 5. The molecule has 0 radical (unpaired) electrons. The van der Waals surface area contributed by atoms with Crippen LogP contribution in [0, 0.1) is 0 Å². The van der Waals surface area contributed by atoms with Gasteiger partial charge in [-0.2, -0.15) is 9.67 Å². The van der Waals surface area contributed by atoms with Gasteiger partial charge in [0.05, 0.1) is 25.1 Å². The fraction of sp³-hybridized carbons (Fsp3) is 0.118. The van der Waals surface area contributed by atoms with Gasteiger partial charge in [0.1, 0.15) is 0 Å². The molecule has 120 valence electrons. The normalized spacial score (nSPS) is 10.4. The zero-order valence-electron chi connectivity index (χ0n) is 13.3. The van der Waals surface area contributed by atoms with Crippen molar-refractivity contribution in [2.45, 2.75) is 6.54 Å². The summed E-state index contributed by atoms with van der Waals surface area (Å²) in [6.45, 7) is 4.12. The van der Waals surface area contributed by atoms with Crippen LogP contribution in [0.4, 0.5) is 10.7 Å². The smallest absolute Gasteiger partial charge is 0.282 e. The van der Waals surface area contributed by atoms with Gasteiger partial charge in [-0.3, -0.25) is 10.00 Å². The van der Waals surface area contributed by atoms with Gasteiger partial charge in [-0.1, -0.05) is 30.3 Å². The van der Waals surface area contributed by atoms with E-state index in [1.165, 1.54) is 0 Å². The molecule has 1 N–H and O–H groups in total. The van der Waals surface area contributed by atoms with Crippen LogP contribution in [0.15, 0.2) is 55.1 Å². The Labute approximate surface area is 139 Å². The largest absolute Gasteiger partial charge is 0.413 e. The molecule has 0 spiro atoms.